The van der Waals surface area contributed by atoms with Gasteiger partial charge in [-0.2, -0.15) is 0 Å². The van der Waals surface area contributed by atoms with E-state index >= 15 is 0 Å². The Morgan fingerprint density at radius 2 is 1.05 bits per heavy atom. The zero-order chi connectivity index (χ0) is 16.9. The molecule has 6 nitrogen and oxygen atoms in total. The van der Waals surface area contributed by atoms with Gasteiger partial charge in [-0.15, -0.1) is 0 Å². The summed E-state index contributed by atoms with van der Waals surface area (Å²) in [5, 5.41) is 0. The molecule has 6 heteroatoms. The Bertz CT molecular complexity index is 217. The van der Waals surface area contributed by atoms with E-state index in [0.717, 1.165) is 57.8 Å². The highest BCUT2D eigenvalue weighted by Gasteiger charge is 2.47. The number of hydrogen-bond acceptors (Lipinski definition) is 6. The third kappa shape index (κ3) is 5.76. The Morgan fingerprint density at radius 3 is 1.32 bits per heavy atom. The molecular weight excluding hydrogens is 276 g/mol. The van der Waals surface area contributed by atoms with Gasteiger partial charge in [0.15, 0.2) is 0 Å². The van der Waals surface area contributed by atoms with Crippen LogP contribution in [0.15, 0.2) is 0 Å². The zero-order valence-corrected chi connectivity index (χ0v) is 14.6. The van der Waals surface area contributed by atoms with Crippen molar-refractivity contribution < 1.29 is 0 Å². The average Bonchev–Trinajstić information content (AvgIpc) is 2.56. The molecule has 0 heterocycles. The minimum atomic E-state index is -0.134. The van der Waals surface area contributed by atoms with Crippen LogP contribution in [-0.4, -0.2) is 31.7 Å². The van der Waals surface area contributed by atoms with Crippen molar-refractivity contribution >= 4 is 0 Å². The van der Waals surface area contributed by atoms with Gasteiger partial charge >= 0.3 is 0 Å². The molecule has 0 bridgehead atoms. The number of rotatable bonds is 15. The first-order valence-electron chi connectivity index (χ1n) is 8.90. The van der Waals surface area contributed by atoms with Crippen LogP contribution < -0.4 is 34.2 Å². The topological polar surface area (TPSA) is 142 Å². The molecule has 0 aliphatic rings. The Hall–Kier alpha value is -0.240. The van der Waals surface area contributed by atoms with Crippen molar-refractivity contribution in [3.05, 3.63) is 0 Å². The third-order valence-electron chi connectivity index (χ3n) is 5.30. The number of nitrogens with one attached hydrogen (secondary N) is 1. The Kier molecular flexibility index (Phi) is 12.1. The monoisotopic (exact) mass is 316 g/mol. The van der Waals surface area contributed by atoms with Crippen LogP contribution in [0.25, 0.3) is 0 Å². The zero-order valence-electron chi connectivity index (χ0n) is 14.6. The smallest absolute Gasteiger partial charge is 0.0378 e. The lowest BCUT2D eigenvalue weighted by atomic mass is 9.59. The van der Waals surface area contributed by atoms with Gasteiger partial charge in [-0.1, -0.05) is 6.92 Å². The predicted octanol–water partition coefficient (Wildman–Crippen LogP) is 0.541. The Balaban J connectivity index is 5.51. The quantitative estimate of drug-likeness (QED) is 0.192. The summed E-state index contributed by atoms with van der Waals surface area (Å²) in [6.07, 6.45) is 9.08. The number of hydrogen-bond donors (Lipinski definition) is 6. The molecule has 0 rings (SSSR count). The Labute approximate surface area is 136 Å². The number of hydrazine groups is 1. The molecule has 0 saturated carbocycles. The maximum atomic E-state index is 6.10. The molecule has 0 aliphatic carbocycles. The molecule has 0 aromatic heterocycles. The molecule has 0 aromatic carbocycles. The maximum Gasteiger partial charge on any atom is 0.0378 e. The average molecular weight is 317 g/mol. The van der Waals surface area contributed by atoms with Crippen LogP contribution in [0.4, 0.5) is 0 Å². The summed E-state index contributed by atoms with van der Waals surface area (Å²) in [4.78, 5) is 0. The van der Waals surface area contributed by atoms with Gasteiger partial charge < -0.3 is 22.9 Å². The molecule has 0 amide bonds. The van der Waals surface area contributed by atoms with E-state index in [1.807, 2.05) is 0 Å². The molecular formula is C16H40N6. The lowest BCUT2D eigenvalue weighted by Crippen LogP contribution is -2.61. The van der Waals surface area contributed by atoms with Gasteiger partial charge in [0.1, 0.15) is 0 Å². The van der Waals surface area contributed by atoms with Crippen LogP contribution in [0.3, 0.4) is 0 Å². The van der Waals surface area contributed by atoms with Gasteiger partial charge in [-0.25, -0.2) is 0 Å². The molecule has 0 aliphatic heterocycles. The van der Waals surface area contributed by atoms with E-state index in [9.17, 15) is 0 Å². The van der Waals surface area contributed by atoms with Crippen LogP contribution in [0.2, 0.25) is 0 Å². The van der Waals surface area contributed by atoms with Crippen LogP contribution >= 0.6 is 0 Å². The van der Waals surface area contributed by atoms with E-state index in [1.54, 1.807) is 0 Å². The fourth-order valence-corrected chi connectivity index (χ4v) is 3.94. The Morgan fingerprint density at radius 1 is 0.682 bits per heavy atom. The molecule has 0 fully saturated rings. The maximum absolute atomic E-state index is 6.10. The van der Waals surface area contributed by atoms with E-state index < -0.39 is 0 Å². The molecule has 22 heavy (non-hydrogen) atoms. The highest BCUT2D eigenvalue weighted by molar-refractivity contribution is 5.03. The molecule has 11 N–H and O–H groups in total. The largest absolute Gasteiger partial charge is 0.330 e. The second-order valence-electron chi connectivity index (χ2n) is 6.43. The van der Waals surface area contributed by atoms with Crippen molar-refractivity contribution in [3.8, 4) is 0 Å². The summed E-state index contributed by atoms with van der Waals surface area (Å²) in [5.41, 5.74) is 26.3. The van der Waals surface area contributed by atoms with E-state index in [0.29, 0.717) is 26.2 Å². The molecule has 134 valence electrons. The molecule has 0 aromatic rings. The third-order valence-corrected chi connectivity index (χ3v) is 5.30. The first kappa shape index (κ1) is 21.8. The second kappa shape index (κ2) is 12.2. The first-order chi connectivity index (χ1) is 10.6. The van der Waals surface area contributed by atoms with E-state index in [4.69, 9.17) is 28.8 Å². The molecule has 0 atom stereocenters. The van der Waals surface area contributed by atoms with Crippen LogP contribution in [0.1, 0.15) is 64.7 Å². The summed E-state index contributed by atoms with van der Waals surface area (Å²) in [7, 11) is 0. The van der Waals surface area contributed by atoms with Gasteiger partial charge in [0.25, 0.3) is 0 Å². The van der Waals surface area contributed by atoms with Crippen molar-refractivity contribution in [3.63, 3.8) is 0 Å². The molecule has 0 radical (unpaired) electrons. The van der Waals surface area contributed by atoms with Crippen LogP contribution in [0.5, 0.6) is 0 Å². The van der Waals surface area contributed by atoms with Gasteiger partial charge in [0, 0.05) is 5.54 Å². The van der Waals surface area contributed by atoms with Crippen molar-refractivity contribution in [1.82, 2.24) is 5.43 Å². The van der Waals surface area contributed by atoms with Crippen molar-refractivity contribution in [2.45, 2.75) is 70.3 Å². The summed E-state index contributed by atoms with van der Waals surface area (Å²) in [6.45, 7) is 5.03. The molecule has 0 unspecified atom stereocenters. The van der Waals surface area contributed by atoms with Crippen molar-refractivity contribution in [2.75, 3.05) is 26.2 Å². The number of nitrogens with two attached hydrogens (primary N) is 5. The normalized spacial score (nSPS) is 12.8. The van der Waals surface area contributed by atoms with E-state index in [1.165, 1.54) is 0 Å². The molecule has 0 saturated heterocycles. The molecule has 0 spiro atoms. The van der Waals surface area contributed by atoms with Crippen molar-refractivity contribution in [2.24, 2.45) is 34.2 Å². The van der Waals surface area contributed by atoms with Gasteiger partial charge in [-0.05, 0) is 89.4 Å². The fourth-order valence-electron chi connectivity index (χ4n) is 3.94. The van der Waals surface area contributed by atoms with Crippen LogP contribution in [-0.2, 0) is 0 Å². The van der Waals surface area contributed by atoms with Gasteiger partial charge in [0.2, 0.25) is 0 Å². The second-order valence-corrected chi connectivity index (χ2v) is 6.43. The standard InChI is InChI=1S/C16H40N6/c1-2-15(7-3-11-17,8-4-12-18)16(22-21,9-5-13-19)10-6-14-20/h22H,2-14,17-21H2,1H3. The minimum absolute atomic E-state index is 0.102. The van der Waals surface area contributed by atoms with Crippen LogP contribution in [0, 0.1) is 5.41 Å². The lowest BCUT2D eigenvalue weighted by molar-refractivity contribution is 0.0321. The summed E-state index contributed by atoms with van der Waals surface area (Å²) >= 11 is 0. The van der Waals surface area contributed by atoms with E-state index in [-0.39, 0.29) is 11.0 Å². The summed E-state index contributed by atoms with van der Waals surface area (Å²) < 4.78 is 0. The minimum Gasteiger partial charge on any atom is -0.330 e. The van der Waals surface area contributed by atoms with Gasteiger partial charge in [-0.3, -0.25) is 11.3 Å². The summed E-state index contributed by atoms with van der Waals surface area (Å²) in [5.74, 6) is 6.10. The highest BCUT2D eigenvalue weighted by Crippen LogP contribution is 2.48. The fraction of sp³-hybridized carbons (Fsp3) is 1.00. The van der Waals surface area contributed by atoms with Gasteiger partial charge in [0.05, 0.1) is 0 Å². The van der Waals surface area contributed by atoms with Crippen molar-refractivity contribution in [1.29, 1.82) is 0 Å². The SMILES string of the molecule is CCC(CCCN)(CCCN)C(CCCN)(CCCN)NN. The highest BCUT2D eigenvalue weighted by atomic mass is 15.3. The lowest BCUT2D eigenvalue weighted by Gasteiger charge is -2.52. The first-order valence-corrected chi connectivity index (χ1v) is 8.90. The predicted molar refractivity (Wildman–Crippen MR) is 95.9 cm³/mol. The van der Waals surface area contributed by atoms with E-state index in [2.05, 4.69) is 12.3 Å². The summed E-state index contributed by atoms with van der Waals surface area (Å²) in [6, 6.07) is 0.